The maximum Gasteiger partial charge on any atom is 0.262 e. The summed E-state index contributed by atoms with van der Waals surface area (Å²) >= 11 is 1.76. The van der Waals surface area contributed by atoms with Crippen LogP contribution in [-0.4, -0.2) is 52.6 Å². The molecule has 0 aromatic carbocycles. The third kappa shape index (κ3) is 2.56. The van der Waals surface area contributed by atoms with Gasteiger partial charge < -0.3 is 5.11 Å². The van der Waals surface area contributed by atoms with E-state index in [0.29, 0.717) is 24.3 Å². The molecule has 0 radical (unpaired) electrons. The molecule has 0 bridgehead atoms. The Kier molecular flexibility index (Phi) is 4.31. The lowest BCUT2D eigenvalue weighted by Gasteiger charge is -2.18. The summed E-state index contributed by atoms with van der Waals surface area (Å²) in [5, 5.41) is 15.7. The van der Waals surface area contributed by atoms with Gasteiger partial charge in [0.05, 0.1) is 6.61 Å². The Hall–Kier alpha value is -0.570. The monoisotopic (exact) mass is 291 g/mol. The molecule has 2 heterocycles. The number of aliphatic hydroxyl groups is 1. The molecule has 1 aromatic rings. The number of rotatable bonds is 3. The standard InChI is InChI=1S/C10H17N3O3S2/c1-8-9(7-14)10(12-11-8)18(15,16)13-3-2-5-17-6-4-13/h14H,2-7H2,1H3,(H,11,12). The first-order valence-electron chi connectivity index (χ1n) is 5.80. The van der Waals surface area contributed by atoms with Crippen molar-refractivity contribution in [2.24, 2.45) is 0 Å². The molecule has 102 valence electrons. The second-order valence-electron chi connectivity index (χ2n) is 4.16. The number of H-pyrrole nitrogens is 1. The zero-order chi connectivity index (χ0) is 13.2. The predicted octanol–water partition coefficient (Wildman–Crippen LogP) is 0.338. The van der Waals surface area contributed by atoms with Crippen molar-refractivity contribution >= 4 is 21.8 Å². The first-order chi connectivity index (χ1) is 8.57. The van der Waals surface area contributed by atoms with Crippen LogP contribution in [-0.2, 0) is 16.6 Å². The third-order valence-electron chi connectivity index (χ3n) is 2.96. The molecule has 1 aliphatic rings. The highest BCUT2D eigenvalue weighted by Gasteiger charge is 2.30. The van der Waals surface area contributed by atoms with Crippen molar-refractivity contribution in [1.82, 2.24) is 14.5 Å². The van der Waals surface area contributed by atoms with Gasteiger partial charge in [0.15, 0.2) is 5.03 Å². The summed E-state index contributed by atoms with van der Waals surface area (Å²) in [6.45, 7) is 2.41. The molecule has 1 saturated heterocycles. The van der Waals surface area contributed by atoms with Crippen molar-refractivity contribution in [1.29, 1.82) is 0 Å². The maximum atomic E-state index is 12.5. The molecule has 18 heavy (non-hydrogen) atoms. The van der Waals surface area contributed by atoms with Gasteiger partial charge in [-0.05, 0) is 19.1 Å². The summed E-state index contributed by atoms with van der Waals surface area (Å²) in [7, 11) is -3.59. The highest BCUT2D eigenvalue weighted by molar-refractivity contribution is 7.99. The van der Waals surface area contributed by atoms with E-state index >= 15 is 0 Å². The first-order valence-corrected chi connectivity index (χ1v) is 8.39. The minimum absolute atomic E-state index is 0.0330. The molecule has 2 N–H and O–H groups in total. The van der Waals surface area contributed by atoms with Gasteiger partial charge >= 0.3 is 0 Å². The molecule has 1 fully saturated rings. The van der Waals surface area contributed by atoms with Crippen LogP contribution in [0.25, 0.3) is 0 Å². The SMILES string of the molecule is Cc1[nH]nc(S(=O)(=O)N2CCCSCC2)c1CO. The van der Waals surface area contributed by atoms with Gasteiger partial charge in [-0.1, -0.05) is 0 Å². The van der Waals surface area contributed by atoms with E-state index in [2.05, 4.69) is 10.2 Å². The van der Waals surface area contributed by atoms with Crippen LogP contribution in [0.2, 0.25) is 0 Å². The average Bonchev–Trinajstić information content (AvgIpc) is 2.56. The molecule has 8 heteroatoms. The molecule has 1 aromatic heterocycles. The first kappa shape index (κ1) is 13.9. The Morgan fingerprint density at radius 3 is 2.94 bits per heavy atom. The van der Waals surface area contributed by atoms with Crippen LogP contribution in [0.5, 0.6) is 0 Å². The van der Waals surface area contributed by atoms with Crippen molar-refractivity contribution in [2.75, 3.05) is 24.6 Å². The molecule has 2 rings (SSSR count). The molecule has 0 aliphatic carbocycles. The minimum atomic E-state index is -3.59. The number of aliphatic hydroxyl groups excluding tert-OH is 1. The molecular weight excluding hydrogens is 274 g/mol. The second-order valence-corrected chi connectivity index (χ2v) is 7.24. The van der Waals surface area contributed by atoms with Crippen LogP contribution in [0.4, 0.5) is 0 Å². The van der Waals surface area contributed by atoms with E-state index in [1.54, 1.807) is 18.7 Å². The number of aromatic amines is 1. The van der Waals surface area contributed by atoms with E-state index in [1.165, 1.54) is 4.31 Å². The van der Waals surface area contributed by atoms with E-state index in [1.807, 2.05) is 0 Å². The fourth-order valence-electron chi connectivity index (χ4n) is 1.92. The van der Waals surface area contributed by atoms with Crippen molar-refractivity contribution in [3.63, 3.8) is 0 Å². The number of nitrogens with zero attached hydrogens (tertiary/aromatic N) is 2. The van der Waals surface area contributed by atoms with Crippen LogP contribution < -0.4 is 0 Å². The highest BCUT2D eigenvalue weighted by Crippen LogP contribution is 2.22. The smallest absolute Gasteiger partial charge is 0.262 e. The summed E-state index contributed by atoms with van der Waals surface area (Å²) in [4.78, 5) is 0. The highest BCUT2D eigenvalue weighted by atomic mass is 32.2. The summed E-state index contributed by atoms with van der Waals surface area (Å²) in [5.41, 5.74) is 0.965. The summed E-state index contributed by atoms with van der Waals surface area (Å²) in [6, 6.07) is 0. The van der Waals surface area contributed by atoms with Gasteiger partial charge in [-0.3, -0.25) is 5.10 Å². The molecule has 6 nitrogen and oxygen atoms in total. The van der Waals surface area contributed by atoms with Crippen LogP contribution in [0.1, 0.15) is 17.7 Å². The van der Waals surface area contributed by atoms with Crippen LogP contribution >= 0.6 is 11.8 Å². The number of aromatic nitrogens is 2. The van der Waals surface area contributed by atoms with Crippen molar-refractivity contribution in [3.05, 3.63) is 11.3 Å². The number of hydrogen-bond acceptors (Lipinski definition) is 5. The average molecular weight is 291 g/mol. The van der Waals surface area contributed by atoms with Gasteiger partial charge in [-0.25, -0.2) is 8.42 Å². The predicted molar refractivity (Wildman–Crippen MR) is 69.9 cm³/mol. The van der Waals surface area contributed by atoms with Gasteiger partial charge in [0.25, 0.3) is 10.0 Å². The molecular formula is C10H17N3O3S2. The molecule has 1 aliphatic heterocycles. The van der Waals surface area contributed by atoms with Crippen molar-refractivity contribution in [2.45, 2.75) is 25.0 Å². The van der Waals surface area contributed by atoms with E-state index in [-0.39, 0.29) is 11.6 Å². The lowest BCUT2D eigenvalue weighted by atomic mass is 10.3. The van der Waals surface area contributed by atoms with Gasteiger partial charge in [-0.15, -0.1) is 0 Å². The topological polar surface area (TPSA) is 86.3 Å². The zero-order valence-corrected chi connectivity index (χ0v) is 11.9. The molecule has 0 spiro atoms. The molecule has 0 saturated carbocycles. The molecule has 0 atom stereocenters. The summed E-state index contributed by atoms with van der Waals surface area (Å²) < 4.78 is 26.4. The van der Waals surface area contributed by atoms with Gasteiger partial charge in [0.2, 0.25) is 0 Å². The zero-order valence-electron chi connectivity index (χ0n) is 10.2. The third-order valence-corrected chi connectivity index (χ3v) is 5.88. The number of nitrogens with one attached hydrogen (secondary N) is 1. The lowest BCUT2D eigenvalue weighted by molar-refractivity contribution is 0.277. The lowest BCUT2D eigenvalue weighted by Crippen LogP contribution is -2.33. The Bertz CT molecular complexity index is 504. The van der Waals surface area contributed by atoms with Crippen LogP contribution in [0.15, 0.2) is 5.03 Å². The number of sulfonamides is 1. The fourth-order valence-corrected chi connectivity index (χ4v) is 4.55. The second kappa shape index (κ2) is 5.60. The van der Waals surface area contributed by atoms with E-state index < -0.39 is 10.0 Å². The summed E-state index contributed by atoms with van der Waals surface area (Å²) in [5.74, 6) is 1.79. The Balaban J connectivity index is 2.34. The number of hydrogen-bond donors (Lipinski definition) is 2. The minimum Gasteiger partial charge on any atom is -0.392 e. The van der Waals surface area contributed by atoms with Gasteiger partial charge in [0.1, 0.15) is 0 Å². The van der Waals surface area contributed by atoms with E-state index in [4.69, 9.17) is 0 Å². The molecule has 0 amide bonds. The quantitative estimate of drug-likeness (QED) is 0.838. The van der Waals surface area contributed by atoms with Gasteiger partial charge in [0, 0.05) is 30.1 Å². The number of thioether (sulfide) groups is 1. The van der Waals surface area contributed by atoms with Crippen LogP contribution in [0.3, 0.4) is 0 Å². The summed E-state index contributed by atoms with van der Waals surface area (Å²) in [6.07, 6.45) is 0.849. The maximum absolute atomic E-state index is 12.5. The van der Waals surface area contributed by atoms with Crippen molar-refractivity contribution < 1.29 is 13.5 Å². The molecule has 0 unspecified atom stereocenters. The Morgan fingerprint density at radius 2 is 2.22 bits per heavy atom. The van der Waals surface area contributed by atoms with E-state index in [0.717, 1.165) is 17.9 Å². The normalized spacial score (nSPS) is 18.8. The van der Waals surface area contributed by atoms with Crippen LogP contribution in [0, 0.1) is 6.92 Å². The number of aryl methyl sites for hydroxylation is 1. The van der Waals surface area contributed by atoms with Crippen molar-refractivity contribution in [3.8, 4) is 0 Å². The Labute approximate surface area is 111 Å². The largest absolute Gasteiger partial charge is 0.392 e. The van der Waals surface area contributed by atoms with Gasteiger partial charge in [-0.2, -0.15) is 21.2 Å². The Morgan fingerprint density at radius 1 is 1.44 bits per heavy atom. The fraction of sp³-hybridized carbons (Fsp3) is 0.700. The van der Waals surface area contributed by atoms with E-state index in [9.17, 15) is 13.5 Å².